The Kier molecular flexibility index (Phi) is 4.66. The van der Waals surface area contributed by atoms with Gasteiger partial charge in [-0.15, -0.1) is 16.4 Å². The van der Waals surface area contributed by atoms with Gasteiger partial charge >= 0.3 is 0 Å². The van der Waals surface area contributed by atoms with Crippen LogP contribution in [0.5, 0.6) is 5.75 Å². The smallest absolute Gasteiger partial charge is 0.259 e. The van der Waals surface area contributed by atoms with Crippen molar-refractivity contribution in [2.45, 2.75) is 32.6 Å². The van der Waals surface area contributed by atoms with Gasteiger partial charge in [-0.25, -0.2) is 0 Å². The van der Waals surface area contributed by atoms with E-state index in [1.165, 1.54) is 11.2 Å². The summed E-state index contributed by atoms with van der Waals surface area (Å²) in [5.41, 5.74) is 2.55. The third kappa shape index (κ3) is 3.20. The van der Waals surface area contributed by atoms with Gasteiger partial charge in [0.2, 0.25) is 0 Å². The predicted octanol–water partition coefficient (Wildman–Crippen LogP) is 3.25. The number of nitrogens with zero attached hydrogens (tertiary/aromatic N) is 4. The summed E-state index contributed by atoms with van der Waals surface area (Å²) in [5.74, 6) is 0.659. The van der Waals surface area contributed by atoms with E-state index >= 15 is 0 Å². The summed E-state index contributed by atoms with van der Waals surface area (Å²) >= 11 is 1.61. The maximum atomic E-state index is 13.1. The number of amides is 1. The molecule has 1 aromatic carbocycles. The number of tetrazole rings is 1. The molecule has 0 bridgehead atoms. The van der Waals surface area contributed by atoms with E-state index in [0.717, 1.165) is 47.7 Å². The van der Waals surface area contributed by atoms with E-state index in [2.05, 4.69) is 20.8 Å². The van der Waals surface area contributed by atoms with E-state index in [1.54, 1.807) is 16.0 Å². The summed E-state index contributed by atoms with van der Waals surface area (Å²) in [6.07, 6.45) is 5.71. The number of carbonyl (C=O) groups is 1. The molecule has 26 heavy (non-hydrogen) atoms. The van der Waals surface area contributed by atoms with E-state index in [4.69, 9.17) is 4.74 Å². The molecule has 0 saturated heterocycles. The normalized spacial score (nSPS) is 13.3. The molecule has 0 saturated carbocycles. The molecule has 0 spiro atoms. The lowest BCUT2D eigenvalue weighted by atomic mass is 9.95. The van der Waals surface area contributed by atoms with Crippen molar-refractivity contribution in [2.24, 2.45) is 0 Å². The van der Waals surface area contributed by atoms with Gasteiger partial charge in [0.1, 0.15) is 17.1 Å². The van der Waals surface area contributed by atoms with E-state index in [9.17, 15) is 4.79 Å². The molecule has 0 aliphatic heterocycles. The average Bonchev–Trinajstić information content (AvgIpc) is 3.31. The summed E-state index contributed by atoms with van der Waals surface area (Å²) in [6, 6.07) is 7.39. The molecular formula is C18H19N5O2S. The number of aromatic nitrogens is 4. The second-order valence-corrected chi connectivity index (χ2v) is 7.14. The van der Waals surface area contributed by atoms with Crippen molar-refractivity contribution in [3.05, 3.63) is 46.6 Å². The molecule has 2 aromatic heterocycles. The van der Waals surface area contributed by atoms with Crippen molar-refractivity contribution < 1.29 is 9.53 Å². The third-order valence-electron chi connectivity index (χ3n) is 4.36. The second-order valence-electron chi connectivity index (χ2n) is 6.06. The minimum Gasteiger partial charge on any atom is -0.494 e. The molecule has 8 heteroatoms. The Balaban J connectivity index is 1.65. The Labute approximate surface area is 155 Å². The lowest BCUT2D eigenvalue weighted by molar-refractivity contribution is 0.102. The molecule has 0 atom stereocenters. The Hall–Kier alpha value is -2.74. The molecule has 3 aromatic rings. The summed E-state index contributed by atoms with van der Waals surface area (Å²) in [7, 11) is 0. The van der Waals surface area contributed by atoms with Gasteiger partial charge in [0.15, 0.2) is 0 Å². The van der Waals surface area contributed by atoms with E-state index < -0.39 is 0 Å². The Morgan fingerprint density at radius 3 is 2.81 bits per heavy atom. The van der Waals surface area contributed by atoms with E-state index in [-0.39, 0.29) is 5.91 Å². The number of hydrogen-bond acceptors (Lipinski definition) is 6. The lowest BCUT2D eigenvalue weighted by Gasteiger charge is -2.13. The molecule has 0 fully saturated rings. The first-order valence-electron chi connectivity index (χ1n) is 8.68. The molecule has 134 valence electrons. The number of fused-ring (bicyclic) bond motifs is 1. The van der Waals surface area contributed by atoms with E-state index in [1.807, 2.05) is 31.2 Å². The fourth-order valence-electron chi connectivity index (χ4n) is 3.20. The minimum absolute atomic E-state index is 0.126. The standard InChI is InChI=1S/C18H19N5O2S/c1-2-25-13-9-7-12(8-10-13)20-17(24)16-14-5-3-4-6-15(14)26-18(16)23-11-19-21-22-23/h7-11H,2-6H2,1H3,(H,20,24). The van der Waals surface area contributed by atoms with Gasteiger partial charge in [-0.05, 0) is 72.9 Å². The van der Waals surface area contributed by atoms with Crippen molar-refractivity contribution in [3.8, 4) is 10.8 Å². The molecule has 2 heterocycles. The topological polar surface area (TPSA) is 81.9 Å². The quantitative estimate of drug-likeness (QED) is 0.746. The van der Waals surface area contributed by atoms with Crippen LogP contribution in [0.4, 0.5) is 5.69 Å². The first-order valence-corrected chi connectivity index (χ1v) is 9.50. The third-order valence-corrected chi connectivity index (χ3v) is 5.64. The maximum Gasteiger partial charge on any atom is 0.259 e. The number of rotatable bonds is 5. The number of hydrogen-bond donors (Lipinski definition) is 1. The summed E-state index contributed by atoms with van der Waals surface area (Å²) < 4.78 is 7.02. The van der Waals surface area contributed by atoms with Crippen molar-refractivity contribution in [1.29, 1.82) is 0 Å². The van der Waals surface area contributed by atoms with Crippen LogP contribution in [0, 0.1) is 0 Å². The number of ether oxygens (including phenoxy) is 1. The van der Waals surface area contributed by atoms with Crippen molar-refractivity contribution >= 4 is 22.9 Å². The zero-order valence-electron chi connectivity index (χ0n) is 14.4. The van der Waals surface area contributed by atoms with Crippen LogP contribution in [0.25, 0.3) is 5.00 Å². The highest BCUT2D eigenvalue weighted by atomic mass is 32.1. The number of anilines is 1. The van der Waals surface area contributed by atoms with Crippen LogP contribution in [-0.4, -0.2) is 32.7 Å². The zero-order valence-corrected chi connectivity index (χ0v) is 15.3. The first-order chi connectivity index (χ1) is 12.8. The van der Waals surface area contributed by atoms with Crippen LogP contribution >= 0.6 is 11.3 Å². The van der Waals surface area contributed by atoms with Crippen LogP contribution in [0.3, 0.4) is 0 Å². The summed E-state index contributed by atoms with van der Waals surface area (Å²) in [5, 5.41) is 15.2. The Bertz CT molecular complexity index is 903. The van der Waals surface area contributed by atoms with Gasteiger partial charge in [0, 0.05) is 10.6 Å². The molecule has 7 nitrogen and oxygen atoms in total. The van der Waals surface area contributed by atoms with Crippen LogP contribution in [0.2, 0.25) is 0 Å². The maximum absolute atomic E-state index is 13.1. The van der Waals surface area contributed by atoms with Gasteiger partial charge in [0.25, 0.3) is 5.91 Å². The number of carbonyl (C=O) groups excluding carboxylic acids is 1. The van der Waals surface area contributed by atoms with Crippen LogP contribution in [0.1, 0.15) is 40.6 Å². The SMILES string of the molecule is CCOc1ccc(NC(=O)c2c(-n3cnnn3)sc3c2CCCC3)cc1. The van der Waals surface area contributed by atoms with Gasteiger partial charge in [-0.1, -0.05) is 0 Å². The lowest BCUT2D eigenvalue weighted by Crippen LogP contribution is -2.16. The zero-order chi connectivity index (χ0) is 17.9. The van der Waals surface area contributed by atoms with Crippen LogP contribution < -0.4 is 10.1 Å². The van der Waals surface area contributed by atoms with Crippen molar-refractivity contribution in [1.82, 2.24) is 20.2 Å². The summed E-state index contributed by atoms with van der Waals surface area (Å²) in [4.78, 5) is 14.3. The monoisotopic (exact) mass is 369 g/mol. The largest absolute Gasteiger partial charge is 0.494 e. The molecule has 1 aliphatic rings. The molecule has 1 N–H and O–H groups in total. The number of benzene rings is 1. The highest BCUT2D eigenvalue weighted by Gasteiger charge is 2.27. The average molecular weight is 369 g/mol. The van der Waals surface area contributed by atoms with Crippen molar-refractivity contribution in [3.63, 3.8) is 0 Å². The van der Waals surface area contributed by atoms with Gasteiger partial charge in [-0.3, -0.25) is 4.79 Å². The number of aryl methyl sites for hydroxylation is 1. The summed E-state index contributed by atoms with van der Waals surface area (Å²) in [6.45, 7) is 2.55. The van der Waals surface area contributed by atoms with Crippen LogP contribution in [-0.2, 0) is 12.8 Å². The molecule has 1 amide bonds. The number of nitrogens with one attached hydrogen (secondary N) is 1. The molecular weight excluding hydrogens is 350 g/mol. The Morgan fingerprint density at radius 2 is 2.08 bits per heavy atom. The van der Waals surface area contributed by atoms with Crippen molar-refractivity contribution in [2.75, 3.05) is 11.9 Å². The molecule has 0 unspecified atom stereocenters. The second kappa shape index (κ2) is 7.25. The predicted molar refractivity (Wildman–Crippen MR) is 99.2 cm³/mol. The first kappa shape index (κ1) is 16.7. The highest BCUT2D eigenvalue weighted by Crippen LogP contribution is 2.36. The molecule has 0 radical (unpaired) electrons. The van der Waals surface area contributed by atoms with Crippen LogP contribution in [0.15, 0.2) is 30.6 Å². The molecule has 1 aliphatic carbocycles. The van der Waals surface area contributed by atoms with Gasteiger partial charge < -0.3 is 10.1 Å². The Morgan fingerprint density at radius 1 is 1.27 bits per heavy atom. The highest BCUT2D eigenvalue weighted by molar-refractivity contribution is 7.15. The van der Waals surface area contributed by atoms with E-state index in [0.29, 0.717) is 12.2 Å². The molecule has 4 rings (SSSR count). The van der Waals surface area contributed by atoms with Gasteiger partial charge in [-0.2, -0.15) is 4.68 Å². The van der Waals surface area contributed by atoms with Gasteiger partial charge in [0.05, 0.1) is 12.2 Å². The number of thiophene rings is 1. The minimum atomic E-state index is -0.126. The fraction of sp³-hybridized carbons (Fsp3) is 0.333. The fourth-order valence-corrected chi connectivity index (χ4v) is 4.50.